The van der Waals surface area contributed by atoms with Crippen LogP contribution in [0.25, 0.3) is 0 Å². The van der Waals surface area contributed by atoms with Gasteiger partial charge in [-0.1, -0.05) is 23.7 Å². The van der Waals surface area contributed by atoms with Crippen LogP contribution in [0, 0.1) is 12.7 Å². The van der Waals surface area contributed by atoms with Gasteiger partial charge in [0, 0.05) is 22.3 Å². The van der Waals surface area contributed by atoms with Gasteiger partial charge in [0.2, 0.25) is 0 Å². The van der Waals surface area contributed by atoms with E-state index >= 15 is 0 Å². The SMILES string of the molecule is Cc1ccc(N)cc1OCc1ccc(Cl)cc1F. The van der Waals surface area contributed by atoms with E-state index in [0.717, 1.165) is 5.56 Å². The zero-order valence-electron chi connectivity index (χ0n) is 9.91. The summed E-state index contributed by atoms with van der Waals surface area (Å²) in [6.07, 6.45) is 0. The number of halogens is 2. The van der Waals surface area contributed by atoms with Gasteiger partial charge >= 0.3 is 0 Å². The number of anilines is 1. The predicted molar refractivity (Wildman–Crippen MR) is 71.3 cm³/mol. The Morgan fingerprint density at radius 3 is 2.72 bits per heavy atom. The number of hydrogen-bond donors (Lipinski definition) is 1. The second-order valence-corrected chi connectivity index (χ2v) is 4.49. The molecule has 2 nitrogen and oxygen atoms in total. The Balaban J connectivity index is 2.13. The molecule has 0 aliphatic heterocycles. The Morgan fingerprint density at radius 2 is 2.00 bits per heavy atom. The number of benzene rings is 2. The van der Waals surface area contributed by atoms with Gasteiger partial charge in [-0.2, -0.15) is 0 Å². The molecule has 0 spiro atoms. The van der Waals surface area contributed by atoms with Gasteiger partial charge < -0.3 is 10.5 Å². The summed E-state index contributed by atoms with van der Waals surface area (Å²) in [5.74, 6) is 0.286. The van der Waals surface area contributed by atoms with E-state index in [1.165, 1.54) is 6.07 Å². The van der Waals surface area contributed by atoms with Gasteiger partial charge in [-0.3, -0.25) is 0 Å². The Labute approximate surface area is 110 Å². The second-order valence-electron chi connectivity index (χ2n) is 4.05. The molecule has 0 aliphatic rings. The molecule has 2 aromatic rings. The fraction of sp³-hybridized carbons (Fsp3) is 0.143. The molecule has 4 heteroatoms. The van der Waals surface area contributed by atoms with Crippen LogP contribution in [0.15, 0.2) is 36.4 Å². The van der Waals surface area contributed by atoms with Crippen molar-refractivity contribution in [3.63, 3.8) is 0 Å². The molecule has 0 atom stereocenters. The van der Waals surface area contributed by atoms with Crippen LogP contribution >= 0.6 is 11.6 Å². The highest BCUT2D eigenvalue weighted by Crippen LogP contribution is 2.23. The molecule has 0 saturated carbocycles. The lowest BCUT2D eigenvalue weighted by Crippen LogP contribution is -2.00. The lowest BCUT2D eigenvalue weighted by Gasteiger charge is -2.10. The van der Waals surface area contributed by atoms with Crippen LogP contribution in [0.2, 0.25) is 5.02 Å². The Hall–Kier alpha value is -1.74. The quantitative estimate of drug-likeness (QED) is 0.853. The van der Waals surface area contributed by atoms with E-state index in [4.69, 9.17) is 22.1 Å². The minimum Gasteiger partial charge on any atom is -0.488 e. The van der Waals surface area contributed by atoms with Crippen molar-refractivity contribution in [2.45, 2.75) is 13.5 Å². The standard InChI is InChI=1S/C14H13ClFNO/c1-9-2-5-12(17)7-14(9)18-8-10-3-4-11(15)6-13(10)16/h2-7H,8,17H2,1H3. The van der Waals surface area contributed by atoms with Gasteiger partial charge in [0.1, 0.15) is 18.2 Å². The van der Waals surface area contributed by atoms with E-state index in [2.05, 4.69) is 0 Å². The molecule has 2 rings (SSSR count). The number of nitrogen functional groups attached to an aromatic ring is 1. The third kappa shape index (κ3) is 2.93. The average Bonchev–Trinajstić information content (AvgIpc) is 2.32. The van der Waals surface area contributed by atoms with Crippen LogP contribution in [-0.2, 0) is 6.61 Å². The fourth-order valence-corrected chi connectivity index (χ4v) is 1.73. The maximum atomic E-state index is 13.5. The van der Waals surface area contributed by atoms with E-state index in [9.17, 15) is 4.39 Å². The van der Waals surface area contributed by atoms with Crippen molar-refractivity contribution in [1.82, 2.24) is 0 Å². The van der Waals surface area contributed by atoms with E-state index < -0.39 is 0 Å². The second kappa shape index (κ2) is 5.27. The van der Waals surface area contributed by atoms with E-state index in [-0.39, 0.29) is 12.4 Å². The van der Waals surface area contributed by atoms with Crippen LogP contribution in [0.4, 0.5) is 10.1 Å². The molecule has 0 aromatic heterocycles. The first kappa shape index (κ1) is 12.7. The fourth-order valence-electron chi connectivity index (χ4n) is 1.57. The minimum absolute atomic E-state index is 0.146. The smallest absolute Gasteiger partial charge is 0.131 e. The summed E-state index contributed by atoms with van der Waals surface area (Å²) < 4.78 is 19.1. The first-order valence-electron chi connectivity index (χ1n) is 5.49. The molecule has 0 unspecified atom stereocenters. The molecule has 0 aliphatic carbocycles. The van der Waals surface area contributed by atoms with Crippen LogP contribution in [-0.4, -0.2) is 0 Å². The molecule has 94 valence electrons. The summed E-state index contributed by atoms with van der Waals surface area (Å²) in [5, 5.41) is 0.372. The van der Waals surface area contributed by atoms with E-state index in [1.54, 1.807) is 24.3 Å². The van der Waals surface area contributed by atoms with Crippen molar-refractivity contribution in [2.24, 2.45) is 0 Å². The lowest BCUT2D eigenvalue weighted by molar-refractivity contribution is 0.298. The average molecular weight is 266 g/mol. The number of rotatable bonds is 3. The van der Waals surface area contributed by atoms with Gasteiger partial charge in [-0.05, 0) is 30.7 Å². The number of ether oxygens (including phenoxy) is 1. The minimum atomic E-state index is -0.371. The van der Waals surface area contributed by atoms with Gasteiger partial charge in [-0.25, -0.2) is 4.39 Å². The summed E-state index contributed by atoms with van der Waals surface area (Å²) in [7, 11) is 0. The third-order valence-electron chi connectivity index (χ3n) is 2.61. The number of nitrogens with two attached hydrogens (primary N) is 1. The highest BCUT2D eigenvalue weighted by atomic mass is 35.5. The third-order valence-corrected chi connectivity index (χ3v) is 2.85. The first-order valence-corrected chi connectivity index (χ1v) is 5.87. The topological polar surface area (TPSA) is 35.2 Å². The molecule has 2 aromatic carbocycles. The summed E-state index contributed by atoms with van der Waals surface area (Å²) in [6.45, 7) is 2.06. The maximum Gasteiger partial charge on any atom is 0.131 e. The molecular weight excluding hydrogens is 253 g/mol. The van der Waals surface area contributed by atoms with Crippen molar-refractivity contribution >= 4 is 17.3 Å². The molecule has 0 fully saturated rings. The highest BCUT2D eigenvalue weighted by molar-refractivity contribution is 6.30. The molecule has 0 bridgehead atoms. The normalized spacial score (nSPS) is 10.4. The van der Waals surface area contributed by atoms with Gasteiger partial charge in [-0.15, -0.1) is 0 Å². The summed E-state index contributed by atoms with van der Waals surface area (Å²) in [5.41, 5.74) is 7.71. The molecule has 0 amide bonds. The van der Waals surface area contributed by atoms with Crippen LogP contribution in [0.5, 0.6) is 5.75 Å². The van der Waals surface area contributed by atoms with Crippen LogP contribution < -0.4 is 10.5 Å². The summed E-state index contributed by atoms with van der Waals surface area (Å²) >= 11 is 5.68. The number of hydrogen-bond acceptors (Lipinski definition) is 2. The largest absolute Gasteiger partial charge is 0.488 e. The number of aryl methyl sites for hydroxylation is 1. The van der Waals surface area contributed by atoms with Crippen molar-refractivity contribution < 1.29 is 9.13 Å². The molecular formula is C14H13ClFNO. The van der Waals surface area contributed by atoms with Gasteiger partial charge in [0.25, 0.3) is 0 Å². The van der Waals surface area contributed by atoms with Crippen molar-refractivity contribution in [3.8, 4) is 5.75 Å². The monoisotopic (exact) mass is 265 g/mol. The Morgan fingerprint density at radius 1 is 1.22 bits per heavy atom. The van der Waals surface area contributed by atoms with Crippen LogP contribution in [0.3, 0.4) is 0 Å². The van der Waals surface area contributed by atoms with E-state index in [1.807, 2.05) is 13.0 Å². The van der Waals surface area contributed by atoms with Crippen molar-refractivity contribution in [3.05, 3.63) is 58.4 Å². The molecule has 0 saturated heterocycles. The molecule has 2 N–H and O–H groups in total. The zero-order chi connectivity index (χ0) is 13.1. The first-order chi connectivity index (χ1) is 8.56. The summed E-state index contributed by atoms with van der Waals surface area (Å²) in [4.78, 5) is 0. The summed E-state index contributed by atoms with van der Waals surface area (Å²) in [6, 6.07) is 9.90. The Bertz CT molecular complexity index is 572. The Kier molecular flexibility index (Phi) is 3.72. The van der Waals surface area contributed by atoms with Gasteiger partial charge in [0.15, 0.2) is 0 Å². The lowest BCUT2D eigenvalue weighted by atomic mass is 10.2. The highest BCUT2D eigenvalue weighted by Gasteiger charge is 2.05. The van der Waals surface area contributed by atoms with Crippen molar-refractivity contribution in [1.29, 1.82) is 0 Å². The maximum absolute atomic E-state index is 13.5. The van der Waals surface area contributed by atoms with Crippen LogP contribution in [0.1, 0.15) is 11.1 Å². The van der Waals surface area contributed by atoms with Gasteiger partial charge in [0.05, 0.1) is 0 Å². The molecule has 18 heavy (non-hydrogen) atoms. The molecule has 0 heterocycles. The van der Waals surface area contributed by atoms with E-state index in [0.29, 0.717) is 22.0 Å². The van der Waals surface area contributed by atoms with Crippen molar-refractivity contribution in [2.75, 3.05) is 5.73 Å². The molecule has 0 radical (unpaired) electrons. The zero-order valence-corrected chi connectivity index (χ0v) is 10.7. The predicted octanol–water partition coefficient (Wildman–Crippen LogP) is 3.95.